The predicted molar refractivity (Wildman–Crippen MR) is 83.8 cm³/mol. The monoisotopic (exact) mass is 333 g/mol. The maximum atomic E-state index is 14.3. The number of fused-ring (bicyclic) bond motifs is 1. The summed E-state index contributed by atoms with van der Waals surface area (Å²) in [5.41, 5.74) is 1.55. The molecule has 0 atom stereocenters. The minimum Gasteiger partial charge on any atom is -0.478 e. The van der Waals surface area contributed by atoms with Crippen LogP contribution in [0.2, 0.25) is 5.02 Å². The summed E-state index contributed by atoms with van der Waals surface area (Å²) in [6.07, 6.45) is 0. The zero-order chi connectivity index (χ0) is 16.7. The molecule has 0 spiro atoms. The molecule has 0 saturated heterocycles. The van der Waals surface area contributed by atoms with Crippen LogP contribution in [0.5, 0.6) is 0 Å². The molecule has 0 amide bonds. The molecule has 23 heavy (non-hydrogen) atoms. The van der Waals surface area contributed by atoms with Gasteiger partial charge in [-0.05, 0) is 42.8 Å². The SMILES string of the molecule is Cc1cc(-c2c(F)cc(F)cc2Cl)c2cc(C(=O)O)ccc2n1. The molecule has 0 aliphatic heterocycles. The molecule has 0 unspecified atom stereocenters. The van der Waals surface area contributed by atoms with Crippen molar-refractivity contribution in [3.63, 3.8) is 0 Å². The van der Waals surface area contributed by atoms with Gasteiger partial charge in [0.05, 0.1) is 16.1 Å². The number of nitrogens with zero attached hydrogens (tertiary/aromatic N) is 1. The topological polar surface area (TPSA) is 50.2 Å². The molecule has 116 valence electrons. The van der Waals surface area contributed by atoms with E-state index < -0.39 is 17.6 Å². The van der Waals surface area contributed by atoms with Gasteiger partial charge in [-0.3, -0.25) is 4.98 Å². The van der Waals surface area contributed by atoms with Crippen molar-refractivity contribution in [1.82, 2.24) is 4.98 Å². The van der Waals surface area contributed by atoms with Crippen LogP contribution in [-0.4, -0.2) is 16.1 Å². The van der Waals surface area contributed by atoms with Crippen molar-refractivity contribution in [2.75, 3.05) is 0 Å². The van der Waals surface area contributed by atoms with Gasteiger partial charge < -0.3 is 5.11 Å². The van der Waals surface area contributed by atoms with Crippen LogP contribution in [0.1, 0.15) is 16.1 Å². The number of halogens is 3. The quantitative estimate of drug-likeness (QED) is 0.730. The lowest BCUT2D eigenvalue weighted by Crippen LogP contribution is -1.98. The summed E-state index contributed by atoms with van der Waals surface area (Å²) < 4.78 is 27.5. The maximum Gasteiger partial charge on any atom is 0.335 e. The molecule has 0 bridgehead atoms. The van der Waals surface area contributed by atoms with Crippen LogP contribution >= 0.6 is 11.6 Å². The van der Waals surface area contributed by atoms with Crippen LogP contribution in [0.25, 0.3) is 22.0 Å². The molecule has 1 N–H and O–H groups in total. The highest BCUT2D eigenvalue weighted by Crippen LogP contribution is 2.36. The first-order valence-electron chi connectivity index (χ1n) is 6.66. The highest BCUT2D eigenvalue weighted by atomic mass is 35.5. The van der Waals surface area contributed by atoms with E-state index in [2.05, 4.69) is 4.98 Å². The average Bonchev–Trinajstić information content (AvgIpc) is 2.45. The number of rotatable bonds is 2. The van der Waals surface area contributed by atoms with E-state index >= 15 is 0 Å². The van der Waals surface area contributed by atoms with Crippen molar-refractivity contribution in [2.45, 2.75) is 6.92 Å². The molecule has 3 rings (SSSR count). The van der Waals surface area contributed by atoms with Gasteiger partial charge in [0.15, 0.2) is 0 Å². The van der Waals surface area contributed by atoms with Gasteiger partial charge in [-0.1, -0.05) is 11.6 Å². The third-order valence-corrected chi connectivity index (χ3v) is 3.76. The second-order valence-electron chi connectivity index (χ2n) is 5.09. The van der Waals surface area contributed by atoms with Gasteiger partial charge in [0.2, 0.25) is 0 Å². The lowest BCUT2D eigenvalue weighted by Gasteiger charge is -2.12. The smallest absolute Gasteiger partial charge is 0.335 e. The summed E-state index contributed by atoms with van der Waals surface area (Å²) in [5, 5.41) is 9.48. The molecule has 0 saturated carbocycles. The van der Waals surface area contributed by atoms with E-state index in [0.717, 1.165) is 12.1 Å². The number of carbonyl (C=O) groups is 1. The number of pyridine rings is 1. The van der Waals surface area contributed by atoms with Gasteiger partial charge in [0.1, 0.15) is 11.6 Å². The summed E-state index contributed by atoms with van der Waals surface area (Å²) in [6.45, 7) is 1.73. The number of carboxylic acid groups (broad SMARTS) is 1. The van der Waals surface area contributed by atoms with E-state index in [-0.39, 0.29) is 16.1 Å². The minimum absolute atomic E-state index is 0.0195. The number of hydrogen-bond donors (Lipinski definition) is 1. The van der Waals surface area contributed by atoms with E-state index in [1.165, 1.54) is 12.1 Å². The molecule has 1 aromatic heterocycles. The third-order valence-electron chi connectivity index (χ3n) is 3.46. The first-order chi connectivity index (χ1) is 10.9. The van der Waals surface area contributed by atoms with E-state index in [1.54, 1.807) is 19.1 Å². The molecule has 0 radical (unpaired) electrons. The van der Waals surface area contributed by atoms with Gasteiger partial charge in [-0.2, -0.15) is 0 Å². The highest BCUT2D eigenvalue weighted by Gasteiger charge is 2.17. The Morgan fingerprint density at radius 2 is 1.91 bits per heavy atom. The van der Waals surface area contributed by atoms with Crippen molar-refractivity contribution in [3.8, 4) is 11.1 Å². The largest absolute Gasteiger partial charge is 0.478 e. The second-order valence-corrected chi connectivity index (χ2v) is 5.50. The fourth-order valence-corrected chi connectivity index (χ4v) is 2.79. The van der Waals surface area contributed by atoms with Gasteiger partial charge >= 0.3 is 5.97 Å². The standard InChI is InChI=1S/C17H10ClF2NO2/c1-8-4-12(16-13(18)6-10(19)7-14(16)20)11-5-9(17(22)23)2-3-15(11)21-8/h2-7H,1H3,(H,22,23). The Morgan fingerprint density at radius 1 is 1.17 bits per heavy atom. The van der Waals surface area contributed by atoms with Crippen LogP contribution < -0.4 is 0 Å². The molecular weight excluding hydrogens is 324 g/mol. The third kappa shape index (κ3) is 2.75. The Labute approximate surface area is 135 Å². The first-order valence-corrected chi connectivity index (χ1v) is 7.04. The first kappa shape index (κ1) is 15.4. The molecule has 3 nitrogen and oxygen atoms in total. The number of carboxylic acids is 1. The van der Waals surface area contributed by atoms with Crippen LogP contribution in [0.3, 0.4) is 0 Å². The Balaban J connectivity index is 2.41. The van der Waals surface area contributed by atoms with Crippen molar-refractivity contribution in [3.05, 3.63) is 64.3 Å². The zero-order valence-corrected chi connectivity index (χ0v) is 12.7. The van der Waals surface area contributed by atoms with Gasteiger partial charge in [-0.15, -0.1) is 0 Å². The van der Waals surface area contributed by atoms with Crippen LogP contribution in [0, 0.1) is 18.6 Å². The van der Waals surface area contributed by atoms with E-state index in [1.807, 2.05) is 0 Å². The molecule has 0 aliphatic rings. The Kier molecular flexibility index (Phi) is 3.74. The lowest BCUT2D eigenvalue weighted by molar-refractivity contribution is 0.0697. The number of aromatic carboxylic acids is 1. The number of hydrogen-bond acceptors (Lipinski definition) is 2. The van der Waals surface area contributed by atoms with E-state index in [0.29, 0.717) is 22.2 Å². The van der Waals surface area contributed by atoms with Crippen molar-refractivity contribution < 1.29 is 18.7 Å². The number of benzene rings is 2. The highest BCUT2D eigenvalue weighted by molar-refractivity contribution is 6.33. The Bertz CT molecular complexity index is 934. The summed E-state index contributed by atoms with van der Waals surface area (Å²) in [6, 6.07) is 7.72. The van der Waals surface area contributed by atoms with Gasteiger partial charge in [0.25, 0.3) is 0 Å². The van der Waals surface area contributed by atoms with E-state index in [9.17, 15) is 13.6 Å². The van der Waals surface area contributed by atoms with Gasteiger partial charge in [-0.25, -0.2) is 13.6 Å². The Morgan fingerprint density at radius 3 is 2.57 bits per heavy atom. The van der Waals surface area contributed by atoms with Crippen LogP contribution in [-0.2, 0) is 0 Å². The maximum absolute atomic E-state index is 14.3. The molecule has 1 heterocycles. The normalized spacial score (nSPS) is 11.0. The van der Waals surface area contributed by atoms with Crippen LogP contribution in [0.4, 0.5) is 8.78 Å². The van der Waals surface area contributed by atoms with Crippen molar-refractivity contribution in [1.29, 1.82) is 0 Å². The summed E-state index contributed by atoms with van der Waals surface area (Å²) in [4.78, 5) is 15.5. The zero-order valence-electron chi connectivity index (χ0n) is 11.9. The molecule has 6 heteroatoms. The summed E-state index contributed by atoms with van der Waals surface area (Å²) >= 11 is 6.01. The average molecular weight is 334 g/mol. The molecule has 0 fully saturated rings. The van der Waals surface area contributed by atoms with Crippen molar-refractivity contribution >= 4 is 28.5 Å². The lowest BCUT2D eigenvalue weighted by atomic mass is 9.98. The molecular formula is C17H10ClF2NO2. The fraction of sp³-hybridized carbons (Fsp3) is 0.0588. The molecule has 0 aliphatic carbocycles. The fourth-order valence-electron chi connectivity index (χ4n) is 2.50. The Hall–Kier alpha value is -2.53. The predicted octanol–water partition coefficient (Wildman–Crippen LogP) is 4.84. The molecule has 3 aromatic rings. The van der Waals surface area contributed by atoms with Crippen molar-refractivity contribution in [2.24, 2.45) is 0 Å². The number of aromatic nitrogens is 1. The van der Waals surface area contributed by atoms with E-state index in [4.69, 9.17) is 16.7 Å². The molecule has 2 aromatic carbocycles. The van der Waals surface area contributed by atoms with Gasteiger partial charge in [0, 0.05) is 22.7 Å². The summed E-state index contributed by atoms with van der Waals surface area (Å²) in [7, 11) is 0. The number of aryl methyl sites for hydroxylation is 1. The second kappa shape index (κ2) is 5.59. The summed E-state index contributed by atoms with van der Waals surface area (Å²) in [5.74, 6) is -2.70. The van der Waals surface area contributed by atoms with Crippen LogP contribution in [0.15, 0.2) is 36.4 Å². The minimum atomic E-state index is -1.11.